The molecule has 0 aliphatic carbocycles. The molecule has 1 fully saturated rings. The molecule has 3 rings (SSSR count). The summed E-state index contributed by atoms with van der Waals surface area (Å²) in [6.07, 6.45) is 1.09. The van der Waals surface area contributed by atoms with Gasteiger partial charge in [-0.05, 0) is 54.0 Å². The van der Waals surface area contributed by atoms with Crippen molar-refractivity contribution in [2.24, 2.45) is 7.05 Å². The van der Waals surface area contributed by atoms with E-state index in [0.717, 1.165) is 26.1 Å². The van der Waals surface area contributed by atoms with Crippen LogP contribution in [0.25, 0.3) is 10.9 Å². The Hall–Kier alpha value is -0.840. The molecule has 108 valence electrons. The molecule has 1 aliphatic heterocycles. The van der Waals surface area contributed by atoms with Gasteiger partial charge in [-0.3, -0.25) is 0 Å². The summed E-state index contributed by atoms with van der Waals surface area (Å²) >= 11 is 3.79. The number of piperazine rings is 1. The minimum Gasteiger partial charge on any atom is -0.338 e. The Morgan fingerprint density at radius 2 is 2.15 bits per heavy atom. The summed E-state index contributed by atoms with van der Waals surface area (Å²) in [7, 11) is 4.36. The van der Waals surface area contributed by atoms with E-state index in [1.165, 1.54) is 26.6 Å². The lowest BCUT2D eigenvalue weighted by atomic mass is 10.0. The molecule has 4 heteroatoms. The van der Waals surface area contributed by atoms with Crippen LogP contribution in [0.2, 0.25) is 0 Å². The second kappa shape index (κ2) is 5.51. The molecule has 2 heterocycles. The first kappa shape index (κ1) is 14.1. The van der Waals surface area contributed by atoms with Crippen LogP contribution in [0.15, 0.2) is 22.8 Å². The molecule has 0 amide bonds. The Morgan fingerprint density at radius 3 is 2.90 bits per heavy atom. The highest BCUT2D eigenvalue weighted by molar-refractivity contribution is 9.10. The number of aryl methyl sites for hydroxylation is 2. The third-order valence-electron chi connectivity index (χ3n) is 4.47. The van der Waals surface area contributed by atoms with Crippen molar-refractivity contribution in [3.8, 4) is 0 Å². The number of nitrogens with zero attached hydrogens (tertiary/aromatic N) is 2. The Morgan fingerprint density at radius 1 is 1.35 bits per heavy atom. The summed E-state index contributed by atoms with van der Waals surface area (Å²) in [5, 5.41) is 4.89. The van der Waals surface area contributed by atoms with Gasteiger partial charge in [0.25, 0.3) is 0 Å². The highest BCUT2D eigenvalue weighted by Gasteiger charge is 2.22. The van der Waals surface area contributed by atoms with Crippen molar-refractivity contribution in [2.45, 2.75) is 19.4 Å². The van der Waals surface area contributed by atoms with E-state index in [1.807, 2.05) is 0 Å². The molecule has 1 atom stereocenters. The lowest BCUT2D eigenvalue weighted by Gasteiger charge is -2.33. The molecule has 1 aliphatic rings. The molecule has 20 heavy (non-hydrogen) atoms. The van der Waals surface area contributed by atoms with Crippen molar-refractivity contribution >= 4 is 26.8 Å². The third kappa shape index (κ3) is 2.41. The average Bonchev–Trinajstić information content (AvgIpc) is 2.66. The van der Waals surface area contributed by atoms with Crippen molar-refractivity contribution in [2.75, 3.05) is 26.7 Å². The molecule has 1 N–H and O–H groups in total. The minimum absolute atomic E-state index is 0.575. The lowest BCUT2D eigenvalue weighted by molar-refractivity contribution is 0.199. The minimum atomic E-state index is 0.575. The van der Waals surface area contributed by atoms with E-state index in [9.17, 15) is 0 Å². The zero-order valence-corrected chi connectivity index (χ0v) is 14.0. The van der Waals surface area contributed by atoms with E-state index in [2.05, 4.69) is 69.9 Å². The smallest absolute Gasteiger partial charge is 0.0887 e. The SMILES string of the molecule is Cc1ccc2c(c1)c(CC1CNCCN1C)c(Br)n2C. The van der Waals surface area contributed by atoms with Gasteiger partial charge in [-0.1, -0.05) is 11.6 Å². The number of benzene rings is 1. The normalized spacial score (nSPS) is 20.7. The second-order valence-electron chi connectivity index (χ2n) is 5.89. The number of hydrogen-bond donors (Lipinski definition) is 1. The first-order valence-corrected chi connectivity index (χ1v) is 8.01. The molecule has 3 nitrogen and oxygen atoms in total. The Kier molecular flexibility index (Phi) is 3.89. The van der Waals surface area contributed by atoms with Gasteiger partial charge in [0, 0.05) is 43.6 Å². The van der Waals surface area contributed by atoms with E-state index in [0.29, 0.717) is 6.04 Å². The monoisotopic (exact) mass is 335 g/mol. The number of fused-ring (bicyclic) bond motifs is 1. The Balaban J connectivity index is 2.02. The van der Waals surface area contributed by atoms with E-state index in [4.69, 9.17) is 0 Å². The largest absolute Gasteiger partial charge is 0.338 e. The van der Waals surface area contributed by atoms with Crippen molar-refractivity contribution in [1.82, 2.24) is 14.8 Å². The van der Waals surface area contributed by atoms with Crippen molar-refractivity contribution < 1.29 is 0 Å². The molecule has 2 aromatic rings. The molecule has 1 aromatic heterocycles. The molecular weight excluding hydrogens is 314 g/mol. The molecular formula is C16H22BrN3. The van der Waals surface area contributed by atoms with Gasteiger partial charge in [-0.2, -0.15) is 0 Å². The molecule has 1 saturated heterocycles. The fourth-order valence-electron chi connectivity index (χ4n) is 3.12. The van der Waals surface area contributed by atoms with Gasteiger partial charge in [0.1, 0.15) is 0 Å². The molecule has 0 saturated carbocycles. The average molecular weight is 336 g/mol. The van der Waals surface area contributed by atoms with Crippen LogP contribution in [0.5, 0.6) is 0 Å². The first-order chi connectivity index (χ1) is 9.58. The summed E-state index contributed by atoms with van der Waals surface area (Å²) in [6.45, 7) is 5.47. The number of nitrogens with one attached hydrogen (secondary N) is 1. The van der Waals surface area contributed by atoms with Crippen LogP contribution < -0.4 is 5.32 Å². The van der Waals surface area contributed by atoms with E-state index < -0.39 is 0 Å². The molecule has 0 bridgehead atoms. The van der Waals surface area contributed by atoms with Gasteiger partial charge in [-0.15, -0.1) is 0 Å². The first-order valence-electron chi connectivity index (χ1n) is 7.22. The van der Waals surface area contributed by atoms with Gasteiger partial charge in [-0.25, -0.2) is 0 Å². The van der Waals surface area contributed by atoms with Crippen LogP contribution in [0.1, 0.15) is 11.1 Å². The van der Waals surface area contributed by atoms with E-state index in [-0.39, 0.29) is 0 Å². The maximum Gasteiger partial charge on any atom is 0.0887 e. The van der Waals surface area contributed by atoms with Gasteiger partial charge < -0.3 is 14.8 Å². The predicted octanol–water partition coefficient (Wildman–Crippen LogP) is 2.70. The molecule has 1 unspecified atom stereocenters. The standard InChI is InChI=1S/C16H22BrN3/c1-11-4-5-15-13(8-11)14(16(17)20(15)3)9-12-10-18-6-7-19(12)2/h4-5,8,12,18H,6-7,9-10H2,1-3H3. The predicted molar refractivity (Wildman–Crippen MR) is 88.3 cm³/mol. The van der Waals surface area contributed by atoms with Crippen molar-refractivity contribution in [3.63, 3.8) is 0 Å². The molecule has 0 radical (unpaired) electrons. The van der Waals surface area contributed by atoms with Gasteiger partial charge >= 0.3 is 0 Å². The quantitative estimate of drug-likeness (QED) is 0.910. The second-order valence-corrected chi connectivity index (χ2v) is 6.64. The van der Waals surface area contributed by atoms with Crippen molar-refractivity contribution in [1.29, 1.82) is 0 Å². The van der Waals surface area contributed by atoms with Crippen LogP contribution >= 0.6 is 15.9 Å². The van der Waals surface area contributed by atoms with Gasteiger partial charge in [0.15, 0.2) is 0 Å². The number of hydrogen-bond acceptors (Lipinski definition) is 2. The third-order valence-corrected chi connectivity index (χ3v) is 5.48. The number of halogens is 1. The van der Waals surface area contributed by atoms with Crippen LogP contribution in [0.4, 0.5) is 0 Å². The Labute approximate surface area is 129 Å². The maximum absolute atomic E-state index is 3.79. The summed E-state index contributed by atoms with van der Waals surface area (Å²) in [5.74, 6) is 0. The van der Waals surface area contributed by atoms with Gasteiger partial charge in [0.2, 0.25) is 0 Å². The zero-order valence-electron chi connectivity index (χ0n) is 12.4. The van der Waals surface area contributed by atoms with Crippen molar-refractivity contribution in [3.05, 3.63) is 33.9 Å². The summed E-state index contributed by atoms with van der Waals surface area (Å²) in [5.41, 5.74) is 4.07. The Bertz CT molecular complexity index is 632. The van der Waals surface area contributed by atoms with Crippen LogP contribution in [-0.4, -0.2) is 42.2 Å². The molecule has 0 spiro atoms. The van der Waals surface area contributed by atoms with Crippen LogP contribution in [-0.2, 0) is 13.5 Å². The fourth-order valence-corrected chi connectivity index (χ4v) is 3.69. The van der Waals surface area contributed by atoms with Crippen LogP contribution in [0.3, 0.4) is 0 Å². The van der Waals surface area contributed by atoms with Crippen LogP contribution in [0, 0.1) is 6.92 Å². The summed E-state index contributed by atoms with van der Waals surface area (Å²) in [6, 6.07) is 7.30. The lowest BCUT2D eigenvalue weighted by Crippen LogP contribution is -2.50. The van der Waals surface area contributed by atoms with E-state index in [1.54, 1.807) is 0 Å². The van der Waals surface area contributed by atoms with Gasteiger partial charge in [0.05, 0.1) is 4.60 Å². The topological polar surface area (TPSA) is 20.2 Å². The fraction of sp³-hybridized carbons (Fsp3) is 0.500. The number of aromatic nitrogens is 1. The summed E-state index contributed by atoms with van der Waals surface area (Å²) in [4.78, 5) is 2.47. The zero-order chi connectivity index (χ0) is 14.3. The van der Waals surface area contributed by atoms with E-state index >= 15 is 0 Å². The number of rotatable bonds is 2. The number of likely N-dealkylation sites (N-methyl/N-ethyl adjacent to an activating group) is 1. The maximum atomic E-state index is 3.79. The molecule has 1 aromatic carbocycles. The highest BCUT2D eigenvalue weighted by atomic mass is 79.9. The summed E-state index contributed by atoms with van der Waals surface area (Å²) < 4.78 is 3.47. The highest BCUT2D eigenvalue weighted by Crippen LogP contribution is 2.31.